The first-order chi connectivity index (χ1) is 7.31. The van der Waals surface area contributed by atoms with Crippen LogP contribution in [0.2, 0.25) is 0 Å². The van der Waals surface area contributed by atoms with Crippen LogP contribution in [0.3, 0.4) is 0 Å². The summed E-state index contributed by atoms with van der Waals surface area (Å²) in [4.78, 5) is 3.72. The Hall–Kier alpha value is -1.28. The Kier molecular flexibility index (Phi) is 3.76. The van der Waals surface area contributed by atoms with Gasteiger partial charge in [0.15, 0.2) is 6.61 Å². The van der Waals surface area contributed by atoms with E-state index in [1.165, 1.54) is 13.1 Å². The monoisotopic (exact) mass is 235 g/mol. The molecule has 1 rings (SSSR count). The molecule has 0 fully saturated rings. The van der Waals surface area contributed by atoms with Crippen molar-refractivity contribution in [1.29, 1.82) is 0 Å². The molecule has 1 heterocycles. The molecule has 16 heavy (non-hydrogen) atoms. The number of pyridine rings is 1. The summed E-state index contributed by atoms with van der Waals surface area (Å²) in [5.41, 5.74) is 0.0430. The maximum absolute atomic E-state index is 11.9. The van der Waals surface area contributed by atoms with E-state index in [4.69, 9.17) is 10.0 Å². The lowest BCUT2D eigenvalue weighted by Gasteiger charge is -2.13. The Morgan fingerprint density at radius 3 is 2.56 bits per heavy atom. The lowest BCUT2D eigenvalue weighted by molar-refractivity contribution is -0.153. The molecule has 0 aromatic carbocycles. The van der Waals surface area contributed by atoms with Crippen molar-refractivity contribution in [2.24, 2.45) is 0 Å². The van der Waals surface area contributed by atoms with Gasteiger partial charge in [0.05, 0.1) is 0 Å². The number of nitrogens with zero attached hydrogens (tertiary/aromatic N) is 1. The van der Waals surface area contributed by atoms with Crippen LogP contribution in [0.15, 0.2) is 12.3 Å². The standard InChI is InChI=1S/C8H9BF3NO3/c1-5-7(9(14)15)6(2-3-13-5)16-4-8(10,11)12/h2-3,14-15H,4H2,1H3. The zero-order chi connectivity index (χ0) is 12.3. The molecule has 0 aliphatic rings. The largest absolute Gasteiger partial charge is 0.494 e. The Morgan fingerprint density at radius 1 is 1.44 bits per heavy atom. The minimum absolute atomic E-state index is 0.160. The van der Waals surface area contributed by atoms with E-state index < -0.39 is 19.9 Å². The van der Waals surface area contributed by atoms with Crippen LogP contribution in [0.25, 0.3) is 0 Å². The van der Waals surface area contributed by atoms with Gasteiger partial charge in [0.2, 0.25) is 0 Å². The summed E-state index contributed by atoms with van der Waals surface area (Å²) < 4.78 is 40.2. The first kappa shape index (κ1) is 12.8. The Bertz CT molecular complexity index is 370. The molecule has 0 bridgehead atoms. The van der Waals surface area contributed by atoms with Crippen LogP contribution in [0.4, 0.5) is 13.2 Å². The van der Waals surface area contributed by atoms with Crippen LogP contribution in [0, 0.1) is 6.92 Å². The minimum Gasteiger partial charge on any atom is -0.484 e. The summed E-state index contributed by atoms with van der Waals surface area (Å²) in [5.74, 6) is -0.236. The van der Waals surface area contributed by atoms with Crippen LogP contribution in [0.5, 0.6) is 5.75 Å². The van der Waals surface area contributed by atoms with Gasteiger partial charge in [-0.05, 0) is 13.0 Å². The number of rotatable bonds is 3. The van der Waals surface area contributed by atoms with Crippen LogP contribution in [-0.2, 0) is 0 Å². The van der Waals surface area contributed by atoms with Crippen molar-refractivity contribution in [3.8, 4) is 5.75 Å². The number of hydrogen-bond donors (Lipinski definition) is 2. The topological polar surface area (TPSA) is 62.6 Å². The molecule has 0 saturated carbocycles. The van der Waals surface area contributed by atoms with Crippen LogP contribution in [0.1, 0.15) is 5.69 Å². The second-order valence-corrected chi connectivity index (χ2v) is 3.09. The van der Waals surface area contributed by atoms with Crippen LogP contribution < -0.4 is 10.2 Å². The Balaban J connectivity index is 2.91. The fourth-order valence-electron chi connectivity index (χ4n) is 1.15. The van der Waals surface area contributed by atoms with E-state index in [0.29, 0.717) is 0 Å². The van der Waals surface area contributed by atoms with Gasteiger partial charge < -0.3 is 14.8 Å². The molecule has 8 heteroatoms. The molecular formula is C8H9BF3NO3. The molecule has 1 aromatic rings. The van der Waals surface area contributed by atoms with Gasteiger partial charge in [-0.2, -0.15) is 13.2 Å². The zero-order valence-corrected chi connectivity index (χ0v) is 8.32. The molecule has 0 radical (unpaired) electrons. The summed E-state index contributed by atoms with van der Waals surface area (Å²) in [6.07, 6.45) is -3.25. The van der Waals surface area contributed by atoms with Gasteiger partial charge in [0.1, 0.15) is 5.75 Å². The molecule has 0 atom stereocenters. The average molecular weight is 235 g/mol. The third-order valence-electron chi connectivity index (χ3n) is 1.80. The van der Waals surface area contributed by atoms with Gasteiger partial charge in [0.25, 0.3) is 0 Å². The Morgan fingerprint density at radius 2 is 2.06 bits per heavy atom. The summed E-state index contributed by atoms with van der Waals surface area (Å²) in [7, 11) is -1.92. The van der Waals surface area contributed by atoms with Crippen molar-refractivity contribution < 1.29 is 28.0 Å². The second kappa shape index (κ2) is 4.71. The Labute approximate surface area is 89.8 Å². The van der Waals surface area contributed by atoms with Crippen molar-refractivity contribution in [1.82, 2.24) is 4.98 Å². The lowest BCUT2D eigenvalue weighted by Crippen LogP contribution is -2.35. The molecule has 0 aliphatic carbocycles. The first-order valence-corrected chi connectivity index (χ1v) is 4.32. The predicted molar refractivity (Wildman–Crippen MR) is 50.3 cm³/mol. The lowest BCUT2D eigenvalue weighted by atomic mass is 9.78. The highest BCUT2D eigenvalue weighted by molar-refractivity contribution is 6.60. The van der Waals surface area contributed by atoms with E-state index in [9.17, 15) is 13.2 Å². The number of hydrogen-bond acceptors (Lipinski definition) is 4. The van der Waals surface area contributed by atoms with Gasteiger partial charge in [-0.15, -0.1) is 0 Å². The summed E-state index contributed by atoms with van der Waals surface area (Å²) in [5, 5.41) is 17.9. The maximum Gasteiger partial charge on any atom is 0.494 e. The molecule has 4 nitrogen and oxygen atoms in total. The van der Waals surface area contributed by atoms with E-state index in [0.717, 1.165) is 6.07 Å². The molecule has 0 aliphatic heterocycles. The fraction of sp³-hybridized carbons (Fsp3) is 0.375. The molecular weight excluding hydrogens is 226 g/mol. The molecule has 0 saturated heterocycles. The SMILES string of the molecule is Cc1nccc(OCC(F)(F)F)c1B(O)O. The minimum atomic E-state index is -4.48. The van der Waals surface area contributed by atoms with E-state index in [1.807, 2.05) is 0 Å². The van der Waals surface area contributed by atoms with Crippen molar-refractivity contribution in [2.45, 2.75) is 13.1 Å². The summed E-state index contributed by atoms with van der Waals surface area (Å²) >= 11 is 0. The highest BCUT2D eigenvalue weighted by Gasteiger charge is 2.30. The average Bonchev–Trinajstić information content (AvgIpc) is 2.12. The van der Waals surface area contributed by atoms with E-state index in [1.54, 1.807) is 0 Å². The number of alkyl halides is 3. The molecule has 0 spiro atoms. The molecule has 0 amide bonds. The maximum atomic E-state index is 11.9. The van der Waals surface area contributed by atoms with Crippen LogP contribution in [-0.4, -0.2) is 34.9 Å². The molecule has 88 valence electrons. The molecule has 0 unspecified atom stereocenters. The smallest absolute Gasteiger partial charge is 0.484 e. The highest BCUT2D eigenvalue weighted by Crippen LogP contribution is 2.17. The second-order valence-electron chi connectivity index (χ2n) is 3.09. The van der Waals surface area contributed by atoms with Crippen molar-refractivity contribution in [3.63, 3.8) is 0 Å². The normalized spacial score (nSPS) is 11.4. The van der Waals surface area contributed by atoms with E-state index >= 15 is 0 Å². The van der Waals surface area contributed by atoms with Crippen molar-refractivity contribution in [2.75, 3.05) is 6.61 Å². The van der Waals surface area contributed by atoms with Crippen LogP contribution >= 0.6 is 0 Å². The number of aromatic nitrogens is 1. The van der Waals surface area contributed by atoms with Gasteiger partial charge >= 0.3 is 13.3 Å². The number of aryl methyl sites for hydroxylation is 1. The van der Waals surface area contributed by atoms with Crippen molar-refractivity contribution in [3.05, 3.63) is 18.0 Å². The highest BCUT2D eigenvalue weighted by atomic mass is 19.4. The van der Waals surface area contributed by atoms with E-state index in [-0.39, 0.29) is 16.9 Å². The third kappa shape index (κ3) is 3.39. The predicted octanol–water partition coefficient (Wildman–Crippen LogP) is 0.0109. The molecule has 1 aromatic heterocycles. The van der Waals surface area contributed by atoms with Gasteiger partial charge in [-0.25, -0.2) is 0 Å². The van der Waals surface area contributed by atoms with Gasteiger partial charge in [-0.3, -0.25) is 4.98 Å². The molecule has 2 N–H and O–H groups in total. The summed E-state index contributed by atoms with van der Waals surface area (Å²) in [6, 6.07) is 1.15. The zero-order valence-electron chi connectivity index (χ0n) is 8.32. The summed E-state index contributed by atoms with van der Waals surface area (Å²) in [6.45, 7) is -0.0502. The third-order valence-corrected chi connectivity index (χ3v) is 1.80. The number of halogens is 3. The van der Waals surface area contributed by atoms with Crippen molar-refractivity contribution >= 4 is 12.6 Å². The van der Waals surface area contributed by atoms with E-state index in [2.05, 4.69) is 9.72 Å². The first-order valence-electron chi connectivity index (χ1n) is 4.32. The number of ether oxygens (including phenoxy) is 1. The van der Waals surface area contributed by atoms with Gasteiger partial charge in [-0.1, -0.05) is 0 Å². The fourth-order valence-corrected chi connectivity index (χ4v) is 1.15. The van der Waals surface area contributed by atoms with Gasteiger partial charge in [0, 0.05) is 17.4 Å². The quantitative estimate of drug-likeness (QED) is 0.724.